The Hall–Kier alpha value is -2.18. The van der Waals surface area contributed by atoms with Gasteiger partial charge in [0.05, 0.1) is 10.9 Å². The third-order valence-corrected chi connectivity index (χ3v) is 4.51. The smallest absolute Gasteiger partial charge is 0.214 e. The summed E-state index contributed by atoms with van der Waals surface area (Å²) in [5.41, 5.74) is 1.47. The summed E-state index contributed by atoms with van der Waals surface area (Å²) < 4.78 is 1.59. The van der Waals surface area contributed by atoms with Gasteiger partial charge < -0.3 is 0 Å². The van der Waals surface area contributed by atoms with Crippen molar-refractivity contribution in [1.82, 2.24) is 20.2 Å². The zero-order valence-electron chi connectivity index (χ0n) is 12.3. The molecule has 23 heavy (non-hydrogen) atoms. The fourth-order valence-electron chi connectivity index (χ4n) is 2.05. The lowest BCUT2D eigenvalue weighted by Crippen LogP contribution is -2.14. The van der Waals surface area contributed by atoms with Crippen molar-refractivity contribution >= 4 is 29.1 Å². The molecule has 0 aliphatic carbocycles. The van der Waals surface area contributed by atoms with E-state index in [-0.39, 0.29) is 11.0 Å². The van der Waals surface area contributed by atoms with Crippen LogP contribution in [0.2, 0.25) is 5.02 Å². The lowest BCUT2D eigenvalue weighted by molar-refractivity contribution is 0.0994. The maximum Gasteiger partial charge on any atom is 0.214 e. The molecule has 0 bridgehead atoms. The number of benzene rings is 2. The predicted octanol–water partition coefficient (Wildman–Crippen LogP) is 3.68. The summed E-state index contributed by atoms with van der Waals surface area (Å²) in [7, 11) is 0. The first-order valence-corrected chi connectivity index (χ1v) is 8.21. The predicted molar refractivity (Wildman–Crippen MR) is 90.3 cm³/mol. The second kappa shape index (κ2) is 6.93. The van der Waals surface area contributed by atoms with Crippen LogP contribution >= 0.6 is 23.4 Å². The van der Waals surface area contributed by atoms with Crippen LogP contribution in [0.3, 0.4) is 0 Å². The number of carbonyl (C=O) groups is 1. The number of Topliss-reactive ketones (excluding diaryl/α,β-unsaturated/α-hetero) is 1. The number of rotatable bonds is 5. The summed E-state index contributed by atoms with van der Waals surface area (Å²) >= 11 is 7.22. The molecule has 0 amide bonds. The number of carbonyl (C=O) groups excluding carboxylic acids is 1. The molecule has 1 aromatic heterocycles. The molecule has 0 saturated carbocycles. The van der Waals surface area contributed by atoms with Gasteiger partial charge >= 0.3 is 0 Å². The standard InChI is InChI=1S/C16H13ClN4OS/c1-11(15(22)12-5-3-2-4-6-12)23-16-18-19-20-21(16)14-9-7-13(17)8-10-14/h2-11H,1H3/t11-/m0/s1. The van der Waals surface area contributed by atoms with Crippen LogP contribution in [0.1, 0.15) is 17.3 Å². The van der Waals surface area contributed by atoms with E-state index < -0.39 is 0 Å². The minimum Gasteiger partial charge on any atom is -0.293 e. The SMILES string of the molecule is C[C@H](Sc1nnnn1-c1ccc(Cl)cc1)C(=O)c1ccccc1. The molecule has 0 aliphatic heterocycles. The number of ketones is 1. The van der Waals surface area contributed by atoms with E-state index in [0.29, 0.717) is 15.7 Å². The summed E-state index contributed by atoms with van der Waals surface area (Å²) in [5.74, 6) is 0.0428. The van der Waals surface area contributed by atoms with Gasteiger partial charge in [0.2, 0.25) is 5.16 Å². The van der Waals surface area contributed by atoms with Gasteiger partial charge in [-0.15, -0.1) is 5.10 Å². The Balaban J connectivity index is 1.80. The number of hydrogen-bond acceptors (Lipinski definition) is 5. The molecule has 0 N–H and O–H groups in total. The molecule has 0 saturated heterocycles. The van der Waals surface area contributed by atoms with E-state index in [1.165, 1.54) is 11.8 Å². The Morgan fingerprint density at radius 3 is 2.52 bits per heavy atom. The Kier molecular flexibility index (Phi) is 4.73. The summed E-state index contributed by atoms with van der Waals surface area (Å²) in [6.07, 6.45) is 0. The zero-order chi connectivity index (χ0) is 16.2. The van der Waals surface area contributed by atoms with E-state index in [2.05, 4.69) is 15.5 Å². The molecule has 3 aromatic rings. The van der Waals surface area contributed by atoms with E-state index in [9.17, 15) is 4.79 Å². The quantitative estimate of drug-likeness (QED) is 0.522. The summed E-state index contributed by atoms with van der Waals surface area (Å²) in [6, 6.07) is 16.4. The second-order valence-corrected chi connectivity index (χ2v) is 6.58. The summed E-state index contributed by atoms with van der Waals surface area (Å²) in [6.45, 7) is 1.85. The average Bonchev–Trinajstić information content (AvgIpc) is 3.03. The van der Waals surface area contributed by atoms with Crippen LogP contribution in [0.4, 0.5) is 0 Å². The first-order valence-electron chi connectivity index (χ1n) is 6.95. The van der Waals surface area contributed by atoms with Crippen LogP contribution in [0, 0.1) is 0 Å². The highest BCUT2D eigenvalue weighted by atomic mass is 35.5. The molecule has 5 nitrogen and oxygen atoms in total. The summed E-state index contributed by atoms with van der Waals surface area (Å²) in [4.78, 5) is 12.4. The van der Waals surface area contributed by atoms with Gasteiger partial charge in [0.1, 0.15) is 0 Å². The number of tetrazole rings is 1. The van der Waals surface area contributed by atoms with Gasteiger partial charge in [-0.05, 0) is 41.6 Å². The maximum atomic E-state index is 12.4. The Bertz CT molecular complexity index is 804. The zero-order valence-corrected chi connectivity index (χ0v) is 13.8. The van der Waals surface area contributed by atoms with Crippen molar-refractivity contribution in [3.8, 4) is 5.69 Å². The van der Waals surface area contributed by atoms with Gasteiger partial charge in [0, 0.05) is 10.6 Å². The van der Waals surface area contributed by atoms with E-state index in [1.54, 1.807) is 16.8 Å². The van der Waals surface area contributed by atoms with Crippen molar-refractivity contribution in [2.75, 3.05) is 0 Å². The lowest BCUT2D eigenvalue weighted by Gasteiger charge is -2.10. The van der Waals surface area contributed by atoms with Gasteiger partial charge in [-0.25, -0.2) is 0 Å². The molecule has 1 atom stereocenters. The molecule has 2 aromatic carbocycles. The van der Waals surface area contributed by atoms with Crippen molar-refractivity contribution in [1.29, 1.82) is 0 Å². The molecule has 3 rings (SSSR count). The fraction of sp³-hybridized carbons (Fsp3) is 0.125. The van der Waals surface area contributed by atoms with Crippen molar-refractivity contribution in [2.24, 2.45) is 0 Å². The van der Waals surface area contributed by atoms with Crippen LogP contribution in [0.5, 0.6) is 0 Å². The molecule has 116 valence electrons. The van der Waals surface area contributed by atoms with Crippen LogP contribution in [0.15, 0.2) is 59.8 Å². The fourth-order valence-corrected chi connectivity index (χ4v) is 3.06. The first kappa shape index (κ1) is 15.7. The number of halogens is 1. The third kappa shape index (κ3) is 3.60. The maximum absolute atomic E-state index is 12.4. The topological polar surface area (TPSA) is 60.7 Å². The number of nitrogens with zero attached hydrogens (tertiary/aromatic N) is 4. The van der Waals surface area contributed by atoms with Crippen LogP contribution < -0.4 is 0 Å². The average molecular weight is 345 g/mol. The van der Waals surface area contributed by atoms with Crippen LogP contribution in [-0.2, 0) is 0 Å². The van der Waals surface area contributed by atoms with Crippen LogP contribution in [-0.4, -0.2) is 31.2 Å². The highest BCUT2D eigenvalue weighted by Crippen LogP contribution is 2.25. The number of hydrogen-bond donors (Lipinski definition) is 0. The molecule has 1 heterocycles. The normalized spacial score (nSPS) is 12.1. The highest BCUT2D eigenvalue weighted by Gasteiger charge is 2.20. The lowest BCUT2D eigenvalue weighted by atomic mass is 10.1. The minimum absolute atomic E-state index is 0.0428. The largest absolute Gasteiger partial charge is 0.293 e. The third-order valence-electron chi connectivity index (χ3n) is 3.22. The van der Waals surface area contributed by atoms with Gasteiger partial charge in [0.25, 0.3) is 0 Å². The highest BCUT2D eigenvalue weighted by molar-refractivity contribution is 8.00. The van der Waals surface area contributed by atoms with E-state index >= 15 is 0 Å². The van der Waals surface area contributed by atoms with Crippen molar-refractivity contribution in [3.63, 3.8) is 0 Å². The van der Waals surface area contributed by atoms with E-state index in [4.69, 9.17) is 11.6 Å². The van der Waals surface area contributed by atoms with Gasteiger partial charge in [-0.3, -0.25) is 4.79 Å². The molecular weight excluding hydrogens is 332 g/mol. The van der Waals surface area contributed by atoms with Crippen molar-refractivity contribution in [2.45, 2.75) is 17.3 Å². The number of aromatic nitrogens is 4. The molecule has 0 fully saturated rings. The molecule has 0 spiro atoms. The monoisotopic (exact) mass is 344 g/mol. The summed E-state index contributed by atoms with van der Waals surface area (Å²) in [5, 5.41) is 12.6. The molecule has 0 unspecified atom stereocenters. The van der Waals surface area contributed by atoms with Crippen molar-refractivity contribution in [3.05, 3.63) is 65.2 Å². The van der Waals surface area contributed by atoms with Crippen LogP contribution in [0.25, 0.3) is 5.69 Å². The Morgan fingerprint density at radius 2 is 1.83 bits per heavy atom. The first-order chi connectivity index (χ1) is 11.1. The molecule has 0 aliphatic rings. The molecular formula is C16H13ClN4OS. The molecule has 0 radical (unpaired) electrons. The minimum atomic E-state index is -0.297. The van der Waals surface area contributed by atoms with Gasteiger partial charge in [-0.1, -0.05) is 53.7 Å². The molecule has 7 heteroatoms. The second-order valence-electron chi connectivity index (χ2n) is 4.84. The Labute approximate surface area is 142 Å². The van der Waals surface area contributed by atoms with Crippen molar-refractivity contribution < 1.29 is 4.79 Å². The Morgan fingerprint density at radius 1 is 1.13 bits per heavy atom. The van der Waals surface area contributed by atoms with E-state index in [0.717, 1.165) is 5.69 Å². The number of thioether (sulfide) groups is 1. The van der Waals surface area contributed by atoms with Gasteiger partial charge in [0.15, 0.2) is 5.78 Å². The van der Waals surface area contributed by atoms with Gasteiger partial charge in [-0.2, -0.15) is 4.68 Å². The van der Waals surface area contributed by atoms with E-state index in [1.807, 2.05) is 49.4 Å².